The normalized spacial score (nSPS) is 19.3. The molecule has 1 amide bonds. The molecular weight excluding hydrogens is 279 g/mol. The molecule has 1 atom stereocenters. The van der Waals surface area contributed by atoms with Crippen molar-refractivity contribution >= 4 is 40.9 Å². The summed E-state index contributed by atoms with van der Waals surface area (Å²) in [4.78, 5) is 28.1. The maximum absolute atomic E-state index is 11.8. The topological polar surface area (TPSA) is 70.5 Å². The molecule has 1 aromatic heterocycles. The van der Waals surface area contributed by atoms with Crippen LogP contribution >= 0.6 is 23.2 Å². The highest BCUT2D eigenvalue weighted by molar-refractivity contribution is 6.30. The summed E-state index contributed by atoms with van der Waals surface area (Å²) in [6.07, 6.45) is 0.347. The van der Waals surface area contributed by atoms with Crippen LogP contribution in [0.15, 0.2) is 12.1 Å². The lowest BCUT2D eigenvalue weighted by molar-refractivity contribution is -0.117. The summed E-state index contributed by atoms with van der Waals surface area (Å²) >= 11 is 11.5. The van der Waals surface area contributed by atoms with Crippen molar-refractivity contribution in [2.24, 2.45) is 5.92 Å². The molecule has 1 aliphatic rings. The van der Waals surface area contributed by atoms with Crippen LogP contribution in [0.5, 0.6) is 0 Å². The van der Waals surface area contributed by atoms with Crippen LogP contribution in [0.3, 0.4) is 0 Å². The third kappa shape index (κ3) is 2.57. The molecule has 1 saturated heterocycles. The Morgan fingerprint density at radius 3 is 2.83 bits per heavy atom. The predicted molar refractivity (Wildman–Crippen MR) is 67.4 cm³/mol. The van der Waals surface area contributed by atoms with Crippen molar-refractivity contribution in [3.63, 3.8) is 0 Å². The van der Waals surface area contributed by atoms with E-state index in [2.05, 4.69) is 4.98 Å². The van der Waals surface area contributed by atoms with E-state index in [-0.39, 0.29) is 28.4 Å². The van der Waals surface area contributed by atoms with E-state index in [1.165, 1.54) is 17.0 Å². The Morgan fingerprint density at radius 1 is 1.56 bits per heavy atom. The zero-order valence-corrected chi connectivity index (χ0v) is 10.8. The first-order valence-electron chi connectivity index (χ1n) is 5.28. The third-order valence-electron chi connectivity index (χ3n) is 2.73. The van der Waals surface area contributed by atoms with E-state index in [9.17, 15) is 9.59 Å². The number of carboxylic acid groups (broad SMARTS) is 1. The van der Waals surface area contributed by atoms with Gasteiger partial charge in [0, 0.05) is 18.8 Å². The lowest BCUT2D eigenvalue weighted by atomic mass is 10.1. The number of alkyl halides is 1. The van der Waals surface area contributed by atoms with E-state index in [1.807, 2.05) is 0 Å². The zero-order chi connectivity index (χ0) is 13.3. The van der Waals surface area contributed by atoms with Crippen LogP contribution < -0.4 is 4.90 Å². The molecule has 1 N–H and O–H groups in total. The van der Waals surface area contributed by atoms with E-state index in [4.69, 9.17) is 28.3 Å². The SMILES string of the molecule is O=C(O)c1cc(Cl)nc(N2CC(CCl)CC2=O)c1. The number of pyridine rings is 1. The van der Waals surface area contributed by atoms with Gasteiger partial charge in [-0.15, -0.1) is 11.6 Å². The van der Waals surface area contributed by atoms with Gasteiger partial charge >= 0.3 is 5.97 Å². The molecule has 0 saturated carbocycles. The fourth-order valence-electron chi connectivity index (χ4n) is 1.85. The highest BCUT2D eigenvalue weighted by Crippen LogP contribution is 2.26. The van der Waals surface area contributed by atoms with E-state index in [0.717, 1.165) is 0 Å². The van der Waals surface area contributed by atoms with Gasteiger partial charge in [0.2, 0.25) is 5.91 Å². The number of carbonyl (C=O) groups excluding carboxylic acids is 1. The quantitative estimate of drug-likeness (QED) is 0.682. The van der Waals surface area contributed by atoms with Crippen molar-refractivity contribution in [1.29, 1.82) is 0 Å². The minimum Gasteiger partial charge on any atom is -0.478 e. The molecule has 1 aliphatic heterocycles. The summed E-state index contributed by atoms with van der Waals surface area (Å²) in [7, 11) is 0. The van der Waals surface area contributed by atoms with Crippen LogP contribution in [-0.4, -0.2) is 34.4 Å². The molecule has 2 heterocycles. The Balaban J connectivity index is 2.34. The summed E-state index contributed by atoms with van der Waals surface area (Å²) in [6, 6.07) is 2.58. The van der Waals surface area contributed by atoms with E-state index < -0.39 is 5.97 Å². The van der Waals surface area contributed by atoms with Crippen LogP contribution in [0, 0.1) is 5.92 Å². The van der Waals surface area contributed by atoms with Gasteiger partial charge in [-0.3, -0.25) is 9.69 Å². The van der Waals surface area contributed by atoms with Gasteiger partial charge in [0.25, 0.3) is 0 Å². The van der Waals surface area contributed by atoms with Gasteiger partial charge in [-0.05, 0) is 18.1 Å². The number of rotatable bonds is 3. The molecule has 0 bridgehead atoms. The minimum absolute atomic E-state index is 0.00660. The van der Waals surface area contributed by atoms with Crippen molar-refractivity contribution in [2.75, 3.05) is 17.3 Å². The Bertz CT molecular complexity index is 507. The van der Waals surface area contributed by atoms with Crippen LogP contribution in [0.1, 0.15) is 16.8 Å². The largest absolute Gasteiger partial charge is 0.478 e. The van der Waals surface area contributed by atoms with Gasteiger partial charge in [-0.25, -0.2) is 9.78 Å². The van der Waals surface area contributed by atoms with Gasteiger partial charge in [0.1, 0.15) is 11.0 Å². The number of halogens is 2. The number of nitrogens with zero attached hydrogens (tertiary/aromatic N) is 2. The van der Waals surface area contributed by atoms with Gasteiger partial charge in [-0.1, -0.05) is 11.6 Å². The van der Waals surface area contributed by atoms with Gasteiger partial charge < -0.3 is 5.11 Å². The standard InChI is InChI=1S/C11H10Cl2N2O3/c12-4-6-1-10(16)15(5-6)9-3-7(11(17)18)2-8(13)14-9/h2-3,6H,1,4-5H2,(H,17,18). The van der Waals surface area contributed by atoms with Gasteiger partial charge in [-0.2, -0.15) is 0 Å². The number of carboxylic acids is 1. The summed E-state index contributed by atoms with van der Waals surface area (Å²) in [5, 5.41) is 8.98. The zero-order valence-electron chi connectivity index (χ0n) is 9.27. The molecule has 1 aromatic rings. The first-order valence-corrected chi connectivity index (χ1v) is 6.19. The van der Waals surface area contributed by atoms with E-state index >= 15 is 0 Å². The average molecular weight is 289 g/mol. The lowest BCUT2D eigenvalue weighted by Crippen LogP contribution is -2.26. The maximum Gasteiger partial charge on any atom is 0.335 e. The minimum atomic E-state index is -1.11. The number of anilines is 1. The molecule has 5 nitrogen and oxygen atoms in total. The van der Waals surface area contributed by atoms with Crippen LogP contribution in [0.25, 0.3) is 0 Å². The number of aromatic carboxylic acids is 1. The van der Waals surface area contributed by atoms with Crippen molar-refractivity contribution in [1.82, 2.24) is 4.98 Å². The van der Waals surface area contributed by atoms with Gasteiger partial charge in [0.15, 0.2) is 0 Å². The van der Waals surface area contributed by atoms with Crippen molar-refractivity contribution in [2.45, 2.75) is 6.42 Å². The Hall–Kier alpha value is -1.33. The first kappa shape index (κ1) is 13.1. The Morgan fingerprint density at radius 2 is 2.28 bits per heavy atom. The molecule has 96 valence electrons. The molecule has 0 aromatic carbocycles. The number of hydrogen-bond donors (Lipinski definition) is 1. The average Bonchev–Trinajstić information content (AvgIpc) is 2.69. The molecule has 0 aliphatic carbocycles. The lowest BCUT2D eigenvalue weighted by Gasteiger charge is -2.15. The second-order valence-electron chi connectivity index (χ2n) is 4.07. The van der Waals surface area contributed by atoms with E-state index in [1.54, 1.807) is 0 Å². The third-order valence-corrected chi connectivity index (χ3v) is 3.36. The summed E-state index contributed by atoms with van der Waals surface area (Å²) < 4.78 is 0. The molecule has 1 fully saturated rings. The highest BCUT2D eigenvalue weighted by atomic mass is 35.5. The molecule has 18 heavy (non-hydrogen) atoms. The van der Waals surface area contributed by atoms with Crippen LogP contribution in [0.4, 0.5) is 5.82 Å². The monoisotopic (exact) mass is 288 g/mol. The Labute approximate surface area is 113 Å². The van der Waals surface area contributed by atoms with Crippen LogP contribution in [-0.2, 0) is 4.79 Å². The fraction of sp³-hybridized carbons (Fsp3) is 0.364. The summed E-state index contributed by atoms with van der Waals surface area (Å²) in [5.74, 6) is -0.521. The molecule has 0 radical (unpaired) electrons. The smallest absolute Gasteiger partial charge is 0.335 e. The molecule has 7 heteroatoms. The van der Waals surface area contributed by atoms with Crippen molar-refractivity contribution in [3.8, 4) is 0 Å². The second-order valence-corrected chi connectivity index (χ2v) is 4.77. The number of hydrogen-bond acceptors (Lipinski definition) is 3. The molecule has 0 spiro atoms. The second kappa shape index (κ2) is 5.12. The number of amides is 1. The first-order chi connectivity index (χ1) is 8.51. The Kier molecular flexibility index (Phi) is 3.73. The summed E-state index contributed by atoms with van der Waals surface area (Å²) in [5.41, 5.74) is 0.00660. The van der Waals surface area contributed by atoms with Crippen molar-refractivity contribution < 1.29 is 14.7 Å². The van der Waals surface area contributed by atoms with Crippen molar-refractivity contribution in [3.05, 3.63) is 22.8 Å². The van der Waals surface area contributed by atoms with Gasteiger partial charge in [0.05, 0.1) is 5.56 Å². The number of aromatic nitrogens is 1. The molecule has 1 unspecified atom stereocenters. The highest BCUT2D eigenvalue weighted by Gasteiger charge is 2.31. The number of carbonyl (C=O) groups is 2. The maximum atomic E-state index is 11.8. The predicted octanol–water partition coefficient (Wildman–Crippen LogP) is 2.02. The van der Waals surface area contributed by atoms with E-state index in [0.29, 0.717) is 18.8 Å². The molecule has 2 rings (SSSR count). The molecular formula is C11H10Cl2N2O3. The van der Waals surface area contributed by atoms with Crippen LogP contribution in [0.2, 0.25) is 5.15 Å². The summed E-state index contributed by atoms with van der Waals surface area (Å²) in [6.45, 7) is 0.439. The fourth-order valence-corrected chi connectivity index (χ4v) is 2.26.